The molecule has 88 valence electrons. The van der Waals surface area contributed by atoms with Gasteiger partial charge in [0.05, 0.1) is 13.3 Å². The number of nitrogens with zero attached hydrogens (tertiary/aromatic N) is 1. The lowest BCUT2D eigenvalue weighted by atomic mass is 10.1. The molecular formula is C9H13N3O3S. The molecule has 0 saturated carbocycles. The standard InChI is InChI=1S/C9H13N3O3S/c1-9(2,7(10)14)12-8-11-4-5(16-8)6(13)15-3/h4H,1-3H3,(H2,10,14)(H,11,12). The maximum Gasteiger partial charge on any atom is 0.349 e. The molecule has 3 N–H and O–H groups in total. The van der Waals surface area contributed by atoms with Crippen molar-refractivity contribution >= 4 is 28.3 Å². The molecule has 0 aliphatic carbocycles. The molecule has 16 heavy (non-hydrogen) atoms. The van der Waals surface area contributed by atoms with Crippen LogP contribution < -0.4 is 11.1 Å². The van der Waals surface area contributed by atoms with E-state index in [0.29, 0.717) is 10.0 Å². The van der Waals surface area contributed by atoms with Crippen molar-refractivity contribution in [2.24, 2.45) is 5.73 Å². The van der Waals surface area contributed by atoms with Crippen molar-refractivity contribution < 1.29 is 14.3 Å². The van der Waals surface area contributed by atoms with E-state index in [0.717, 1.165) is 11.3 Å². The van der Waals surface area contributed by atoms with E-state index < -0.39 is 17.4 Å². The lowest BCUT2D eigenvalue weighted by Gasteiger charge is -2.21. The molecule has 0 bridgehead atoms. The Labute approximate surface area is 96.8 Å². The summed E-state index contributed by atoms with van der Waals surface area (Å²) in [7, 11) is 1.29. The second-order valence-corrected chi connectivity index (χ2v) is 4.67. The number of carbonyl (C=O) groups excluding carboxylic acids is 2. The molecule has 6 nitrogen and oxygen atoms in total. The summed E-state index contributed by atoms with van der Waals surface area (Å²) in [5.41, 5.74) is 4.28. The molecule has 0 radical (unpaired) electrons. The molecule has 1 amide bonds. The van der Waals surface area contributed by atoms with E-state index in [2.05, 4.69) is 15.0 Å². The van der Waals surface area contributed by atoms with Crippen LogP contribution in [0.15, 0.2) is 6.20 Å². The highest BCUT2D eigenvalue weighted by Crippen LogP contribution is 2.22. The van der Waals surface area contributed by atoms with E-state index in [-0.39, 0.29) is 0 Å². The third kappa shape index (κ3) is 2.69. The van der Waals surface area contributed by atoms with Crippen LogP contribution in [0.25, 0.3) is 0 Å². The van der Waals surface area contributed by atoms with Gasteiger partial charge in [0.25, 0.3) is 0 Å². The Bertz CT molecular complexity index is 414. The molecule has 0 aromatic carbocycles. The largest absolute Gasteiger partial charge is 0.465 e. The topological polar surface area (TPSA) is 94.3 Å². The summed E-state index contributed by atoms with van der Waals surface area (Å²) in [4.78, 5) is 26.5. The van der Waals surface area contributed by atoms with Gasteiger partial charge in [-0.05, 0) is 13.8 Å². The van der Waals surface area contributed by atoms with Gasteiger partial charge in [0, 0.05) is 0 Å². The maximum absolute atomic E-state index is 11.2. The first-order chi connectivity index (χ1) is 7.36. The summed E-state index contributed by atoms with van der Waals surface area (Å²) < 4.78 is 4.54. The number of ether oxygens (including phenoxy) is 1. The fourth-order valence-corrected chi connectivity index (χ4v) is 1.75. The van der Waals surface area contributed by atoms with Crippen molar-refractivity contribution in [1.82, 2.24) is 4.98 Å². The van der Waals surface area contributed by atoms with Gasteiger partial charge < -0.3 is 15.8 Å². The van der Waals surface area contributed by atoms with Crippen LogP contribution in [-0.4, -0.2) is 29.5 Å². The number of nitrogens with two attached hydrogens (primary N) is 1. The molecule has 1 aromatic rings. The Morgan fingerprint density at radius 2 is 2.19 bits per heavy atom. The average molecular weight is 243 g/mol. The highest BCUT2D eigenvalue weighted by Gasteiger charge is 2.26. The molecule has 0 saturated heterocycles. The number of esters is 1. The number of primary amides is 1. The number of thiazole rings is 1. The molecular weight excluding hydrogens is 230 g/mol. The summed E-state index contributed by atoms with van der Waals surface area (Å²) in [5, 5.41) is 3.29. The minimum atomic E-state index is -0.911. The fourth-order valence-electron chi connectivity index (χ4n) is 0.856. The van der Waals surface area contributed by atoms with Gasteiger partial charge in [0.2, 0.25) is 5.91 Å². The zero-order valence-corrected chi connectivity index (χ0v) is 10.1. The fraction of sp³-hybridized carbons (Fsp3) is 0.444. The van der Waals surface area contributed by atoms with Gasteiger partial charge in [0.15, 0.2) is 5.13 Å². The molecule has 0 spiro atoms. The number of carbonyl (C=O) groups is 2. The van der Waals surface area contributed by atoms with Crippen LogP contribution in [0.3, 0.4) is 0 Å². The summed E-state index contributed by atoms with van der Waals surface area (Å²) in [6, 6.07) is 0. The van der Waals surface area contributed by atoms with Crippen LogP contribution in [0, 0.1) is 0 Å². The maximum atomic E-state index is 11.2. The summed E-state index contributed by atoms with van der Waals surface area (Å²) in [6.45, 7) is 3.27. The zero-order valence-electron chi connectivity index (χ0n) is 9.23. The van der Waals surface area contributed by atoms with Crippen LogP contribution in [0.1, 0.15) is 23.5 Å². The Hall–Kier alpha value is -1.63. The molecule has 1 heterocycles. The van der Waals surface area contributed by atoms with E-state index in [1.165, 1.54) is 13.3 Å². The van der Waals surface area contributed by atoms with E-state index in [1.54, 1.807) is 13.8 Å². The van der Waals surface area contributed by atoms with Crippen molar-refractivity contribution in [1.29, 1.82) is 0 Å². The smallest absolute Gasteiger partial charge is 0.349 e. The minimum Gasteiger partial charge on any atom is -0.465 e. The highest BCUT2D eigenvalue weighted by molar-refractivity contribution is 7.17. The van der Waals surface area contributed by atoms with Gasteiger partial charge in [-0.2, -0.15) is 0 Å². The van der Waals surface area contributed by atoms with Crippen molar-refractivity contribution in [2.45, 2.75) is 19.4 Å². The lowest BCUT2D eigenvalue weighted by Crippen LogP contribution is -2.44. The van der Waals surface area contributed by atoms with Crippen LogP contribution in [-0.2, 0) is 9.53 Å². The summed E-state index contributed by atoms with van der Waals surface area (Å²) in [6.07, 6.45) is 1.38. The van der Waals surface area contributed by atoms with E-state index in [9.17, 15) is 9.59 Å². The zero-order chi connectivity index (χ0) is 12.3. The van der Waals surface area contributed by atoms with Crippen LogP contribution in [0.4, 0.5) is 5.13 Å². The van der Waals surface area contributed by atoms with E-state index in [4.69, 9.17) is 5.73 Å². The van der Waals surface area contributed by atoms with E-state index in [1.807, 2.05) is 0 Å². The molecule has 0 atom stereocenters. The summed E-state index contributed by atoms with van der Waals surface area (Å²) >= 11 is 1.11. The Morgan fingerprint density at radius 3 is 2.69 bits per heavy atom. The van der Waals surface area contributed by atoms with Gasteiger partial charge in [-0.25, -0.2) is 9.78 Å². The Balaban J connectivity index is 2.80. The van der Waals surface area contributed by atoms with Gasteiger partial charge in [-0.15, -0.1) is 0 Å². The number of aromatic nitrogens is 1. The number of nitrogens with one attached hydrogen (secondary N) is 1. The lowest BCUT2D eigenvalue weighted by molar-refractivity contribution is -0.121. The van der Waals surface area contributed by atoms with E-state index >= 15 is 0 Å². The van der Waals surface area contributed by atoms with Crippen molar-refractivity contribution in [2.75, 3.05) is 12.4 Å². The molecule has 0 fully saturated rings. The van der Waals surface area contributed by atoms with Gasteiger partial charge >= 0.3 is 5.97 Å². The van der Waals surface area contributed by atoms with Gasteiger partial charge in [-0.1, -0.05) is 11.3 Å². The second kappa shape index (κ2) is 4.48. The van der Waals surface area contributed by atoms with Gasteiger partial charge in [-0.3, -0.25) is 4.79 Å². The molecule has 1 aromatic heterocycles. The van der Waals surface area contributed by atoms with Crippen molar-refractivity contribution in [3.63, 3.8) is 0 Å². The monoisotopic (exact) mass is 243 g/mol. The molecule has 0 aliphatic rings. The minimum absolute atomic E-state index is 0.366. The average Bonchev–Trinajstić information content (AvgIpc) is 2.64. The Kier molecular flexibility index (Phi) is 3.48. The van der Waals surface area contributed by atoms with Crippen molar-refractivity contribution in [3.05, 3.63) is 11.1 Å². The van der Waals surface area contributed by atoms with Crippen LogP contribution in [0.5, 0.6) is 0 Å². The first-order valence-corrected chi connectivity index (χ1v) is 5.30. The van der Waals surface area contributed by atoms with Gasteiger partial charge in [0.1, 0.15) is 10.4 Å². The quantitative estimate of drug-likeness (QED) is 0.755. The van der Waals surface area contributed by atoms with Crippen LogP contribution >= 0.6 is 11.3 Å². The number of hydrogen-bond donors (Lipinski definition) is 2. The predicted octanol–water partition coefficient (Wildman–Crippen LogP) is 0.605. The second-order valence-electron chi connectivity index (χ2n) is 3.64. The van der Waals surface area contributed by atoms with Crippen molar-refractivity contribution in [3.8, 4) is 0 Å². The first-order valence-electron chi connectivity index (χ1n) is 4.49. The third-order valence-corrected chi connectivity index (χ3v) is 2.82. The molecule has 0 unspecified atom stereocenters. The normalized spacial score (nSPS) is 10.9. The number of hydrogen-bond acceptors (Lipinski definition) is 6. The highest BCUT2D eigenvalue weighted by atomic mass is 32.1. The molecule has 1 rings (SSSR count). The summed E-state index contributed by atoms with van der Waals surface area (Å²) in [5.74, 6) is -0.954. The Morgan fingerprint density at radius 1 is 1.56 bits per heavy atom. The van der Waals surface area contributed by atoms with Crippen LogP contribution in [0.2, 0.25) is 0 Å². The molecule has 0 aliphatic heterocycles. The number of methoxy groups -OCH3 is 1. The number of anilines is 1. The number of amides is 1. The first kappa shape index (κ1) is 12.4. The molecule has 7 heteroatoms. The third-order valence-electron chi connectivity index (χ3n) is 1.93. The number of rotatable bonds is 4. The predicted molar refractivity (Wildman–Crippen MR) is 60.3 cm³/mol. The SMILES string of the molecule is COC(=O)c1cnc(NC(C)(C)C(N)=O)s1.